The largest absolute Gasteiger partial charge is 0.493 e. The van der Waals surface area contributed by atoms with E-state index in [9.17, 15) is 0 Å². The molecule has 0 saturated carbocycles. The summed E-state index contributed by atoms with van der Waals surface area (Å²) in [4.78, 5) is 8.92. The van der Waals surface area contributed by atoms with Crippen LogP contribution in [0.5, 0.6) is 11.5 Å². The van der Waals surface area contributed by atoms with E-state index in [4.69, 9.17) is 9.47 Å². The lowest BCUT2D eigenvalue weighted by molar-refractivity contribution is 0.310. The highest BCUT2D eigenvalue weighted by Gasteiger charge is 2.07. The molecule has 0 radical (unpaired) electrons. The number of aliphatic imine (C=N–C) groups is 1. The summed E-state index contributed by atoms with van der Waals surface area (Å²) < 4.78 is 11.0. The summed E-state index contributed by atoms with van der Waals surface area (Å²) in [5, 5.41) is 9.96. The summed E-state index contributed by atoms with van der Waals surface area (Å²) in [6, 6.07) is 6.11. The summed E-state index contributed by atoms with van der Waals surface area (Å²) in [5.74, 6) is 2.84. The van der Waals surface area contributed by atoms with Gasteiger partial charge in [-0.3, -0.25) is 4.99 Å². The van der Waals surface area contributed by atoms with E-state index < -0.39 is 0 Å². The minimum absolute atomic E-state index is 0.470. The van der Waals surface area contributed by atoms with Gasteiger partial charge in [0.25, 0.3) is 0 Å². The molecule has 0 atom stereocenters. The van der Waals surface area contributed by atoms with Gasteiger partial charge >= 0.3 is 0 Å². The van der Waals surface area contributed by atoms with Crippen LogP contribution in [0.25, 0.3) is 0 Å². The Morgan fingerprint density at radius 1 is 1.25 bits per heavy atom. The molecule has 28 heavy (non-hydrogen) atoms. The number of aromatic nitrogens is 1. The normalized spacial score (nSPS) is 11.6. The predicted octanol–water partition coefficient (Wildman–Crippen LogP) is 3.97. The molecule has 1 aromatic heterocycles. The topological polar surface area (TPSA) is 67.8 Å². The number of rotatable bonds is 10. The lowest BCUT2D eigenvalue weighted by atomic mass is 10.1. The van der Waals surface area contributed by atoms with E-state index in [0.29, 0.717) is 19.1 Å². The Hall–Kier alpha value is -2.28. The second-order valence-corrected chi connectivity index (χ2v) is 7.60. The molecule has 2 aromatic rings. The lowest BCUT2D eigenvalue weighted by Crippen LogP contribution is -2.37. The second kappa shape index (κ2) is 11.5. The molecule has 0 aliphatic heterocycles. The van der Waals surface area contributed by atoms with Gasteiger partial charge in [0.05, 0.1) is 31.0 Å². The first kappa shape index (κ1) is 22.0. The molecular weight excluding hydrogens is 372 g/mol. The Morgan fingerprint density at radius 3 is 2.71 bits per heavy atom. The third-order valence-electron chi connectivity index (χ3n) is 4.19. The van der Waals surface area contributed by atoms with Crippen LogP contribution >= 0.6 is 11.3 Å². The van der Waals surface area contributed by atoms with E-state index in [2.05, 4.69) is 52.0 Å². The molecular formula is C21H32N4O2S. The van der Waals surface area contributed by atoms with Crippen LogP contribution in [-0.2, 0) is 13.0 Å². The molecule has 0 aliphatic rings. The summed E-state index contributed by atoms with van der Waals surface area (Å²) in [6.45, 7) is 8.45. The van der Waals surface area contributed by atoms with Crippen molar-refractivity contribution in [3.8, 4) is 11.5 Å². The predicted molar refractivity (Wildman–Crippen MR) is 117 cm³/mol. The maximum Gasteiger partial charge on any atom is 0.191 e. The van der Waals surface area contributed by atoms with Gasteiger partial charge in [0.1, 0.15) is 0 Å². The van der Waals surface area contributed by atoms with E-state index >= 15 is 0 Å². The Bertz CT molecular complexity index is 759. The van der Waals surface area contributed by atoms with E-state index in [0.717, 1.165) is 42.5 Å². The zero-order valence-corrected chi connectivity index (χ0v) is 18.4. The molecule has 0 unspecified atom stereocenters. The van der Waals surface area contributed by atoms with Crippen LogP contribution in [0.3, 0.4) is 0 Å². The molecule has 0 amide bonds. The number of ether oxygens (including phenoxy) is 2. The number of aryl methyl sites for hydroxylation is 1. The molecule has 6 nitrogen and oxygen atoms in total. The highest BCUT2D eigenvalue weighted by molar-refractivity contribution is 7.09. The highest BCUT2D eigenvalue weighted by Crippen LogP contribution is 2.28. The number of thiazole rings is 1. The van der Waals surface area contributed by atoms with Gasteiger partial charge in [-0.2, -0.15) is 0 Å². The Balaban J connectivity index is 1.76. The summed E-state index contributed by atoms with van der Waals surface area (Å²) in [6.07, 6.45) is 1.95. The Morgan fingerprint density at radius 2 is 2.07 bits per heavy atom. The van der Waals surface area contributed by atoms with E-state index in [1.54, 1.807) is 25.5 Å². The number of guanidine groups is 1. The average Bonchev–Trinajstić information content (AvgIpc) is 3.17. The lowest BCUT2D eigenvalue weighted by Gasteiger charge is -2.12. The van der Waals surface area contributed by atoms with Gasteiger partial charge in [0.15, 0.2) is 17.5 Å². The third kappa shape index (κ3) is 6.71. The van der Waals surface area contributed by atoms with Crippen molar-refractivity contribution in [2.45, 2.75) is 46.1 Å². The van der Waals surface area contributed by atoms with Crippen molar-refractivity contribution in [3.63, 3.8) is 0 Å². The maximum absolute atomic E-state index is 5.65. The number of nitrogens with one attached hydrogen (secondary N) is 2. The molecule has 2 rings (SSSR count). The number of hydrogen-bond donors (Lipinski definition) is 2. The first-order valence-corrected chi connectivity index (χ1v) is 10.6. The van der Waals surface area contributed by atoms with Crippen LogP contribution in [0.4, 0.5) is 0 Å². The van der Waals surface area contributed by atoms with Crippen molar-refractivity contribution in [1.82, 2.24) is 15.6 Å². The molecule has 0 fully saturated rings. The molecule has 7 heteroatoms. The van der Waals surface area contributed by atoms with Gasteiger partial charge in [0, 0.05) is 24.9 Å². The van der Waals surface area contributed by atoms with Crippen LogP contribution in [-0.4, -0.2) is 38.3 Å². The molecule has 1 aromatic carbocycles. The third-order valence-corrected chi connectivity index (χ3v) is 5.38. The smallest absolute Gasteiger partial charge is 0.191 e. The van der Waals surface area contributed by atoms with Gasteiger partial charge in [-0.1, -0.05) is 19.9 Å². The molecule has 0 saturated heterocycles. The first-order valence-electron chi connectivity index (χ1n) is 9.75. The van der Waals surface area contributed by atoms with Crippen molar-refractivity contribution in [1.29, 1.82) is 0 Å². The standard InChI is InChI=1S/C21H32N4O2S/c1-6-27-19-12-16(9-10-18(19)26-5)8-7-11-23-21(22-4)24-13-17-14-28-20(25-17)15(2)3/h9-10,12,14-15H,6-8,11,13H2,1-5H3,(H2,22,23,24). The van der Waals surface area contributed by atoms with Crippen LogP contribution < -0.4 is 20.1 Å². The fourth-order valence-electron chi connectivity index (χ4n) is 2.71. The van der Waals surface area contributed by atoms with E-state index in [1.165, 1.54) is 10.6 Å². The molecule has 0 spiro atoms. The highest BCUT2D eigenvalue weighted by atomic mass is 32.1. The minimum Gasteiger partial charge on any atom is -0.493 e. The summed E-state index contributed by atoms with van der Waals surface area (Å²) in [7, 11) is 3.45. The van der Waals surface area contributed by atoms with Gasteiger partial charge in [-0.25, -0.2) is 4.98 Å². The molecule has 154 valence electrons. The van der Waals surface area contributed by atoms with Crippen molar-refractivity contribution in [2.75, 3.05) is 27.3 Å². The van der Waals surface area contributed by atoms with E-state index in [1.807, 2.05) is 13.0 Å². The monoisotopic (exact) mass is 404 g/mol. The number of methoxy groups -OCH3 is 1. The molecule has 0 aliphatic carbocycles. The van der Waals surface area contributed by atoms with Gasteiger partial charge in [-0.15, -0.1) is 11.3 Å². The zero-order valence-electron chi connectivity index (χ0n) is 17.5. The molecule has 0 bridgehead atoms. The fraction of sp³-hybridized carbons (Fsp3) is 0.524. The molecule has 1 heterocycles. The van der Waals surface area contributed by atoms with Crippen molar-refractivity contribution in [2.24, 2.45) is 4.99 Å². The van der Waals surface area contributed by atoms with Crippen molar-refractivity contribution in [3.05, 3.63) is 39.8 Å². The van der Waals surface area contributed by atoms with Crippen molar-refractivity contribution >= 4 is 17.3 Å². The maximum atomic E-state index is 5.65. The van der Waals surface area contributed by atoms with Crippen LogP contribution in [0, 0.1) is 0 Å². The quantitative estimate of drug-likeness (QED) is 0.356. The van der Waals surface area contributed by atoms with Gasteiger partial charge in [-0.05, 0) is 37.5 Å². The SMILES string of the molecule is CCOc1cc(CCCNC(=NC)NCc2csc(C(C)C)n2)ccc1OC. The van der Waals surface area contributed by atoms with Crippen LogP contribution in [0.1, 0.15) is 49.4 Å². The molecule has 2 N–H and O–H groups in total. The Kier molecular flexibility index (Phi) is 9.07. The van der Waals surface area contributed by atoms with Crippen LogP contribution in [0.15, 0.2) is 28.6 Å². The fourth-order valence-corrected chi connectivity index (χ4v) is 3.54. The number of benzene rings is 1. The average molecular weight is 405 g/mol. The Labute approximate surface area is 172 Å². The minimum atomic E-state index is 0.470. The number of nitrogens with zero attached hydrogens (tertiary/aromatic N) is 2. The van der Waals surface area contributed by atoms with Gasteiger partial charge < -0.3 is 20.1 Å². The zero-order chi connectivity index (χ0) is 20.4. The van der Waals surface area contributed by atoms with E-state index in [-0.39, 0.29) is 0 Å². The first-order chi connectivity index (χ1) is 13.6. The number of hydrogen-bond acceptors (Lipinski definition) is 5. The second-order valence-electron chi connectivity index (χ2n) is 6.71. The van der Waals surface area contributed by atoms with Crippen LogP contribution in [0.2, 0.25) is 0 Å². The van der Waals surface area contributed by atoms with Gasteiger partial charge in [0.2, 0.25) is 0 Å². The van der Waals surface area contributed by atoms with Crippen molar-refractivity contribution < 1.29 is 9.47 Å². The summed E-state index contributed by atoms with van der Waals surface area (Å²) >= 11 is 1.71. The summed E-state index contributed by atoms with van der Waals surface area (Å²) in [5.41, 5.74) is 2.29.